The van der Waals surface area contributed by atoms with Gasteiger partial charge in [-0.15, -0.1) is 5.10 Å². The minimum atomic E-state index is 1.01. The van der Waals surface area contributed by atoms with Gasteiger partial charge >= 0.3 is 0 Å². The summed E-state index contributed by atoms with van der Waals surface area (Å²) in [6, 6.07) is 7.97. The zero-order valence-electron chi connectivity index (χ0n) is 7.31. The van der Waals surface area contributed by atoms with Crippen molar-refractivity contribution >= 4 is 5.69 Å². The van der Waals surface area contributed by atoms with Crippen LogP contribution in [0.15, 0.2) is 36.7 Å². The van der Waals surface area contributed by atoms with Gasteiger partial charge in [-0.3, -0.25) is 0 Å². The van der Waals surface area contributed by atoms with E-state index in [-0.39, 0.29) is 0 Å². The molecule has 4 heteroatoms. The molecule has 2 aromatic rings. The van der Waals surface area contributed by atoms with Crippen molar-refractivity contribution in [3.63, 3.8) is 0 Å². The molecule has 0 bridgehead atoms. The standard InChI is InChI=1S/C9H10N4/c1-10-8-2-4-9(5-3-8)13-7-6-11-12-13/h2-7,10H,1H3. The van der Waals surface area contributed by atoms with E-state index in [1.54, 1.807) is 10.9 Å². The molecule has 1 aromatic carbocycles. The van der Waals surface area contributed by atoms with Gasteiger partial charge in [0.2, 0.25) is 0 Å². The molecule has 0 unspecified atom stereocenters. The maximum atomic E-state index is 3.89. The van der Waals surface area contributed by atoms with E-state index in [4.69, 9.17) is 0 Å². The largest absolute Gasteiger partial charge is 0.388 e. The number of benzene rings is 1. The molecule has 2 rings (SSSR count). The minimum Gasteiger partial charge on any atom is -0.388 e. The van der Waals surface area contributed by atoms with Crippen LogP contribution in [0.5, 0.6) is 0 Å². The van der Waals surface area contributed by atoms with Crippen LogP contribution < -0.4 is 5.32 Å². The highest BCUT2D eigenvalue weighted by molar-refractivity contribution is 5.47. The molecule has 1 N–H and O–H groups in total. The number of hydrogen-bond acceptors (Lipinski definition) is 3. The summed E-state index contributed by atoms with van der Waals surface area (Å²) in [7, 11) is 1.89. The molecule has 0 saturated carbocycles. The Balaban J connectivity index is 2.33. The molecule has 0 aliphatic heterocycles. The predicted octanol–water partition coefficient (Wildman–Crippen LogP) is 1.31. The van der Waals surface area contributed by atoms with Gasteiger partial charge in [0, 0.05) is 12.7 Å². The molecule has 1 aromatic heterocycles. The van der Waals surface area contributed by atoms with Crippen LogP contribution in [0.1, 0.15) is 0 Å². The van der Waals surface area contributed by atoms with E-state index in [2.05, 4.69) is 15.6 Å². The first-order valence-corrected chi connectivity index (χ1v) is 4.04. The van der Waals surface area contributed by atoms with E-state index >= 15 is 0 Å². The van der Waals surface area contributed by atoms with E-state index in [1.165, 1.54) is 0 Å². The highest BCUT2D eigenvalue weighted by Crippen LogP contribution is 2.10. The molecule has 4 nitrogen and oxygen atoms in total. The summed E-state index contributed by atoms with van der Waals surface area (Å²) < 4.78 is 1.72. The van der Waals surface area contributed by atoms with E-state index in [9.17, 15) is 0 Å². The van der Waals surface area contributed by atoms with Crippen molar-refractivity contribution < 1.29 is 0 Å². The quantitative estimate of drug-likeness (QED) is 0.746. The van der Waals surface area contributed by atoms with E-state index in [1.807, 2.05) is 37.5 Å². The highest BCUT2D eigenvalue weighted by atomic mass is 15.4. The number of nitrogens with zero attached hydrogens (tertiary/aromatic N) is 3. The Morgan fingerprint density at radius 2 is 2.00 bits per heavy atom. The molecule has 13 heavy (non-hydrogen) atoms. The van der Waals surface area contributed by atoms with Gasteiger partial charge in [-0.05, 0) is 24.3 Å². The minimum absolute atomic E-state index is 1.01. The lowest BCUT2D eigenvalue weighted by atomic mass is 10.3. The Labute approximate surface area is 76.2 Å². The Morgan fingerprint density at radius 1 is 1.23 bits per heavy atom. The van der Waals surface area contributed by atoms with Crippen molar-refractivity contribution in [3.05, 3.63) is 36.7 Å². The number of hydrogen-bond donors (Lipinski definition) is 1. The molecular weight excluding hydrogens is 164 g/mol. The molecule has 0 atom stereocenters. The molecule has 0 amide bonds. The fraction of sp³-hybridized carbons (Fsp3) is 0.111. The summed E-state index contributed by atoms with van der Waals surface area (Å²) in [5, 5.41) is 10.7. The second-order valence-electron chi connectivity index (χ2n) is 2.64. The smallest absolute Gasteiger partial charge is 0.0697 e. The van der Waals surface area contributed by atoms with Crippen molar-refractivity contribution in [2.75, 3.05) is 12.4 Å². The maximum Gasteiger partial charge on any atom is 0.0697 e. The first-order valence-electron chi connectivity index (χ1n) is 4.04. The Bertz CT molecular complexity index is 363. The summed E-state index contributed by atoms with van der Waals surface area (Å²) in [6.07, 6.45) is 3.47. The van der Waals surface area contributed by atoms with Gasteiger partial charge in [-0.1, -0.05) is 5.21 Å². The van der Waals surface area contributed by atoms with Gasteiger partial charge in [0.05, 0.1) is 18.1 Å². The summed E-state index contributed by atoms with van der Waals surface area (Å²) in [6.45, 7) is 0. The van der Waals surface area contributed by atoms with Gasteiger partial charge in [0.15, 0.2) is 0 Å². The maximum absolute atomic E-state index is 3.89. The summed E-state index contributed by atoms with van der Waals surface area (Å²) in [4.78, 5) is 0. The van der Waals surface area contributed by atoms with E-state index < -0.39 is 0 Å². The van der Waals surface area contributed by atoms with Gasteiger partial charge < -0.3 is 5.32 Å². The van der Waals surface area contributed by atoms with Crippen LogP contribution in [-0.4, -0.2) is 22.0 Å². The molecular formula is C9H10N4. The van der Waals surface area contributed by atoms with Crippen LogP contribution in [0.4, 0.5) is 5.69 Å². The lowest BCUT2D eigenvalue weighted by Crippen LogP contribution is -1.95. The molecule has 66 valence electrons. The van der Waals surface area contributed by atoms with Crippen LogP contribution in [0, 0.1) is 0 Å². The van der Waals surface area contributed by atoms with Gasteiger partial charge in [-0.25, -0.2) is 4.68 Å². The van der Waals surface area contributed by atoms with Gasteiger partial charge in [0.25, 0.3) is 0 Å². The van der Waals surface area contributed by atoms with Crippen molar-refractivity contribution in [2.24, 2.45) is 0 Å². The average Bonchev–Trinajstić information content (AvgIpc) is 2.71. The average molecular weight is 174 g/mol. The SMILES string of the molecule is CNc1ccc(-n2ccnn2)cc1. The Hall–Kier alpha value is -1.84. The molecule has 0 aliphatic carbocycles. The predicted molar refractivity (Wildman–Crippen MR) is 50.9 cm³/mol. The number of nitrogens with one attached hydrogen (secondary N) is 1. The molecule has 0 fully saturated rings. The third kappa shape index (κ3) is 1.51. The molecule has 0 aliphatic rings. The van der Waals surface area contributed by atoms with Crippen LogP contribution in [0.3, 0.4) is 0 Å². The Kier molecular flexibility index (Phi) is 1.96. The van der Waals surface area contributed by atoms with Crippen LogP contribution in [0.2, 0.25) is 0 Å². The number of anilines is 1. The summed E-state index contributed by atoms with van der Waals surface area (Å²) in [5.74, 6) is 0. The van der Waals surface area contributed by atoms with Gasteiger partial charge in [0.1, 0.15) is 0 Å². The third-order valence-corrected chi connectivity index (χ3v) is 1.84. The lowest BCUT2D eigenvalue weighted by Gasteiger charge is -2.02. The first-order chi connectivity index (χ1) is 6.40. The first kappa shape index (κ1) is 7.79. The topological polar surface area (TPSA) is 42.7 Å². The summed E-state index contributed by atoms with van der Waals surface area (Å²) >= 11 is 0. The zero-order chi connectivity index (χ0) is 9.10. The van der Waals surface area contributed by atoms with Crippen molar-refractivity contribution in [3.8, 4) is 5.69 Å². The van der Waals surface area contributed by atoms with Crippen LogP contribution >= 0.6 is 0 Å². The van der Waals surface area contributed by atoms with E-state index in [0.717, 1.165) is 11.4 Å². The normalized spacial score (nSPS) is 9.92. The molecule has 0 radical (unpaired) electrons. The zero-order valence-corrected chi connectivity index (χ0v) is 7.31. The van der Waals surface area contributed by atoms with Crippen molar-refractivity contribution in [1.29, 1.82) is 0 Å². The fourth-order valence-corrected chi connectivity index (χ4v) is 1.13. The molecule has 0 spiro atoms. The molecule has 0 saturated heterocycles. The highest BCUT2D eigenvalue weighted by Gasteiger charge is 1.95. The monoisotopic (exact) mass is 174 g/mol. The van der Waals surface area contributed by atoms with E-state index in [0.29, 0.717) is 0 Å². The number of rotatable bonds is 2. The third-order valence-electron chi connectivity index (χ3n) is 1.84. The van der Waals surface area contributed by atoms with Crippen molar-refractivity contribution in [1.82, 2.24) is 15.0 Å². The second-order valence-corrected chi connectivity index (χ2v) is 2.64. The van der Waals surface area contributed by atoms with Gasteiger partial charge in [-0.2, -0.15) is 0 Å². The van der Waals surface area contributed by atoms with Crippen LogP contribution in [-0.2, 0) is 0 Å². The molecule has 1 heterocycles. The second kappa shape index (κ2) is 3.26. The van der Waals surface area contributed by atoms with Crippen LogP contribution in [0.25, 0.3) is 5.69 Å². The summed E-state index contributed by atoms with van der Waals surface area (Å²) in [5.41, 5.74) is 2.10. The van der Waals surface area contributed by atoms with Crippen molar-refractivity contribution in [2.45, 2.75) is 0 Å². The number of aromatic nitrogens is 3. The fourth-order valence-electron chi connectivity index (χ4n) is 1.13. The lowest BCUT2D eigenvalue weighted by molar-refractivity contribution is 0.803. The Morgan fingerprint density at radius 3 is 2.54 bits per heavy atom.